The average molecular weight is 205 g/mol. The van der Waals surface area contributed by atoms with Crippen LogP contribution >= 0.6 is 0 Å². The molecular weight excluding hydrogens is 195 g/mol. The van der Waals surface area contributed by atoms with Gasteiger partial charge in [-0.3, -0.25) is 0 Å². The minimum absolute atomic E-state index is 0.442. The molecule has 1 aromatic carbocycles. The number of hydrogen-bond donors (Lipinski definition) is 2. The normalized spacial score (nSPS) is 14.1. The van der Waals surface area contributed by atoms with Gasteiger partial charge in [-0.25, -0.2) is 13.2 Å². The molecule has 0 bridgehead atoms. The molecule has 0 aliphatic carbocycles. The summed E-state index contributed by atoms with van der Waals surface area (Å²) < 4.78 is 38.7. The Morgan fingerprint density at radius 2 is 1.93 bits per heavy atom. The van der Waals surface area contributed by atoms with Gasteiger partial charge in [-0.05, 0) is 6.07 Å². The van der Waals surface area contributed by atoms with Crippen molar-refractivity contribution in [3.8, 4) is 0 Å². The maximum absolute atomic E-state index is 13.0. The van der Waals surface area contributed by atoms with Crippen LogP contribution in [0.2, 0.25) is 0 Å². The summed E-state index contributed by atoms with van der Waals surface area (Å²) in [6.45, 7) is -1.03. The van der Waals surface area contributed by atoms with Crippen LogP contribution < -0.4 is 5.73 Å². The zero-order chi connectivity index (χ0) is 10.8. The largest absolute Gasteiger partial charge is 0.382 e. The highest BCUT2D eigenvalue weighted by atomic mass is 19.3. The standard InChI is InChI=1S/C9H10F3NO/c10-7-4-2-1-3-6(7)8(14)9(11,12)5-13/h1-4,8,14H,5,13H2. The third-order valence-corrected chi connectivity index (χ3v) is 1.87. The van der Waals surface area contributed by atoms with Gasteiger partial charge in [-0.2, -0.15) is 0 Å². The van der Waals surface area contributed by atoms with Crippen LogP contribution in [0.15, 0.2) is 24.3 Å². The van der Waals surface area contributed by atoms with Crippen molar-refractivity contribution in [2.45, 2.75) is 12.0 Å². The first-order valence-electron chi connectivity index (χ1n) is 3.99. The summed E-state index contributed by atoms with van der Waals surface area (Å²) in [5, 5.41) is 9.16. The molecule has 0 saturated heterocycles. The maximum Gasteiger partial charge on any atom is 0.289 e. The van der Waals surface area contributed by atoms with Crippen LogP contribution in [0.4, 0.5) is 13.2 Å². The maximum atomic E-state index is 13.0. The van der Waals surface area contributed by atoms with Crippen molar-refractivity contribution >= 4 is 0 Å². The van der Waals surface area contributed by atoms with E-state index in [-0.39, 0.29) is 0 Å². The summed E-state index contributed by atoms with van der Waals surface area (Å²) in [6.07, 6.45) is -2.20. The number of rotatable bonds is 3. The molecule has 0 aliphatic rings. The third kappa shape index (κ3) is 2.05. The van der Waals surface area contributed by atoms with Crippen LogP contribution in [0.25, 0.3) is 0 Å². The van der Waals surface area contributed by atoms with Crippen LogP contribution in [-0.2, 0) is 0 Å². The molecule has 2 nitrogen and oxygen atoms in total. The lowest BCUT2D eigenvalue weighted by Gasteiger charge is -2.21. The number of alkyl halides is 2. The molecule has 0 heterocycles. The first-order valence-corrected chi connectivity index (χ1v) is 3.99. The van der Waals surface area contributed by atoms with E-state index in [0.29, 0.717) is 0 Å². The monoisotopic (exact) mass is 205 g/mol. The SMILES string of the molecule is NCC(F)(F)C(O)c1ccccc1F. The number of nitrogens with two attached hydrogens (primary N) is 1. The molecule has 1 atom stereocenters. The second-order valence-electron chi connectivity index (χ2n) is 2.89. The fourth-order valence-corrected chi connectivity index (χ4v) is 1.04. The number of benzene rings is 1. The highest BCUT2D eigenvalue weighted by molar-refractivity contribution is 5.21. The van der Waals surface area contributed by atoms with Gasteiger partial charge in [0.2, 0.25) is 0 Å². The predicted octanol–water partition coefficient (Wildman–Crippen LogP) is 1.45. The van der Waals surface area contributed by atoms with Gasteiger partial charge in [0.25, 0.3) is 5.92 Å². The Kier molecular flexibility index (Phi) is 3.13. The average Bonchev–Trinajstić information content (AvgIpc) is 2.17. The van der Waals surface area contributed by atoms with Crippen LogP contribution in [0, 0.1) is 5.82 Å². The molecule has 0 fully saturated rings. The van der Waals surface area contributed by atoms with E-state index in [1.807, 2.05) is 0 Å². The van der Waals surface area contributed by atoms with Crippen molar-refractivity contribution in [3.05, 3.63) is 35.6 Å². The Hall–Kier alpha value is -1.07. The molecule has 0 saturated carbocycles. The van der Waals surface area contributed by atoms with E-state index in [0.717, 1.165) is 12.1 Å². The zero-order valence-electron chi connectivity index (χ0n) is 7.25. The third-order valence-electron chi connectivity index (χ3n) is 1.87. The van der Waals surface area contributed by atoms with Gasteiger partial charge in [-0.15, -0.1) is 0 Å². The van der Waals surface area contributed by atoms with E-state index in [1.165, 1.54) is 12.1 Å². The molecule has 3 N–H and O–H groups in total. The highest BCUT2D eigenvalue weighted by Crippen LogP contribution is 2.31. The van der Waals surface area contributed by atoms with E-state index in [1.54, 1.807) is 0 Å². The second kappa shape index (κ2) is 3.98. The summed E-state index contributed by atoms with van der Waals surface area (Å²) >= 11 is 0. The van der Waals surface area contributed by atoms with Crippen LogP contribution in [0.5, 0.6) is 0 Å². The molecule has 0 aromatic heterocycles. The fourth-order valence-electron chi connectivity index (χ4n) is 1.04. The molecule has 1 aromatic rings. The molecule has 0 spiro atoms. The van der Waals surface area contributed by atoms with Gasteiger partial charge in [0, 0.05) is 5.56 Å². The lowest BCUT2D eigenvalue weighted by Crippen LogP contribution is -2.35. The molecule has 1 unspecified atom stereocenters. The van der Waals surface area contributed by atoms with Gasteiger partial charge in [0.1, 0.15) is 11.9 Å². The number of aliphatic hydroxyl groups excluding tert-OH is 1. The molecule has 5 heteroatoms. The Morgan fingerprint density at radius 3 is 2.43 bits per heavy atom. The van der Waals surface area contributed by atoms with E-state index >= 15 is 0 Å². The molecule has 0 aliphatic heterocycles. The predicted molar refractivity (Wildman–Crippen MR) is 45.4 cm³/mol. The first kappa shape index (κ1) is 11.0. The van der Waals surface area contributed by atoms with Gasteiger partial charge >= 0.3 is 0 Å². The van der Waals surface area contributed by atoms with E-state index in [2.05, 4.69) is 0 Å². The summed E-state index contributed by atoms with van der Waals surface area (Å²) in [6, 6.07) is 4.83. The van der Waals surface area contributed by atoms with Crippen LogP contribution in [0.1, 0.15) is 11.7 Å². The smallest absolute Gasteiger partial charge is 0.289 e. The van der Waals surface area contributed by atoms with Crippen molar-refractivity contribution in [3.63, 3.8) is 0 Å². The molecule has 0 radical (unpaired) electrons. The van der Waals surface area contributed by atoms with Gasteiger partial charge in [0.15, 0.2) is 0 Å². The van der Waals surface area contributed by atoms with Crippen molar-refractivity contribution in [1.29, 1.82) is 0 Å². The Balaban J connectivity index is 3.00. The van der Waals surface area contributed by atoms with Crippen LogP contribution in [0.3, 0.4) is 0 Å². The summed E-state index contributed by atoms with van der Waals surface area (Å²) in [7, 11) is 0. The van der Waals surface area contributed by atoms with E-state index in [9.17, 15) is 13.2 Å². The van der Waals surface area contributed by atoms with Gasteiger partial charge < -0.3 is 10.8 Å². The molecule has 14 heavy (non-hydrogen) atoms. The molecule has 0 amide bonds. The quantitative estimate of drug-likeness (QED) is 0.784. The summed E-state index contributed by atoms with van der Waals surface area (Å²) in [5.41, 5.74) is 4.32. The fraction of sp³-hybridized carbons (Fsp3) is 0.333. The molecule has 1 rings (SSSR count). The number of aliphatic hydroxyl groups is 1. The van der Waals surface area contributed by atoms with Crippen LogP contribution in [-0.4, -0.2) is 17.6 Å². The first-order chi connectivity index (χ1) is 6.49. The topological polar surface area (TPSA) is 46.2 Å². The Bertz CT molecular complexity index is 317. The molecular formula is C9H10F3NO. The number of halogens is 3. The lowest BCUT2D eigenvalue weighted by molar-refractivity contribution is -0.104. The highest BCUT2D eigenvalue weighted by Gasteiger charge is 2.39. The summed E-state index contributed by atoms with van der Waals surface area (Å²) in [4.78, 5) is 0. The minimum Gasteiger partial charge on any atom is -0.382 e. The minimum atomic E-state index is -3.51. The van der Waals surface area contributed by atoms with E-state index in [4.69, 9.17) is 10.8 Å². The van der Waals surface area contributed by atoms with Gasteiger partial charge in [-0.1, -0.05) is 18.2 Å². The summed E-state index contributed by atoms with van der Waals surface area (Å²) in [5.74, 6) is -4.38. The van der Waals surface area contributed by atoms with E-state index < -0.39 is 30.0 Å². The zero-order valence-corrected chi connectivity index (χ0v) is 7.25. The van der Waals surface area contributed by atoms with Crippen molar-refractivity contribution in [2.24, 2.45) is 5.73 Å². The Morgan fingerprint density at radius 1 is 1.36 bits per heavy atom. The lowest BCUT2D eigenvalue weighted by atomic mass is 10.0. The van der Waals surface area contributed by atoms with Crippen molar-refractivity contribution < 1.29 is 18.3 Å². The molecule has 78 valence electrons. The van der Waals surface area contributed by atoms with Crippen molar-refractivity contribution in [2.75, 3.05) is 6.54 Å². The number of hydrogen-bond acceptors (Lipinski definition) is 2. The van der Waals surface area contributed by atoms with Crippen molar-refractivity contribution in [1.82, 2.24) is 0 Å². The van der Waals surface area contributed by atoms with Gasteiger partial charge in [0.05, 0.1) is 6.54 Å². The Labute approximate surface area is 79.2 Å². The second-order valence-corrected chi connectivity index (χ2v) is 2.89.